The molecule has 0 amide bonds. The summed E-state index contributed by atoms with van der Waals surface area (Å²) in [6, 6.07) is 2.17. The smallest absolute Gasteiger partial charge is 0.263 e. The van der Waals surface area contributed by atoms with E-state index >= 15 is 0 Å². The van der Waals surface area contributed by atoms with Gasteiger partial charge in [-0.1, -0.05) is 26.2 Å². The highest BCUT2D eigenvalue weighted by atomic mass is 32.1. The van der Waals surface area contributed by atoms with Crippen LogP contribution >= 0.6 is 23.6 Å². The predicted octanol–water partition coefficient (Wildman–Crippen LogP) is 4.26. The lowest BCUT2D eigenvalue weighted by atomic mass is 9.82. The van der Waals surface area contributed by atoms with E-state index in [2.05, 4.69) is 11.9 Å². The first-order valence-electron chi connectivity index (χ1n) is 6.94. The Hall–Kier alpha value is -0.940. The van der Waals surface area contributed by atoms with Gasteiger partial charge in [-0.2, -0.15) is 0 Å². The molecule has 2 aromatic heterocycles. The number of rotatable bonds is 2. The summed E-state index contributed by atoms with van der Waals surface area (Å²) in [5.74, 6) is 0.581. The molecule has 1 saturated carbocycles. The quantitative estimate of drug-likeness (QED) is 0.840. The standard InChI is InChI=1S/C14H18N2OS2/c1-2-9-5-3-4-6-11(9)16-13(17)10-7-8-19-12(10)15-14(16)18/h7-9,11H,2-6H2,1H3,(H,15,18). The van der Waals surface area contributed by atoms with E-state index < -0.39 is 0 Å². The number of nitrogens with zero attached hydrogens (tertiary/aromatic N) is 1. The minimum Gasteiger partial charge on any atom is -0.323 e. The molecule has 3 rings (SSSR count). The molecule has 0 spiro atoms. The lowest BCUT2D eigenvalue weighted by Crippen LogP contribution is -2.32. The van der Waals surface area contributed by atoms with Gasteiger partial charge in [-0.15, -0.1) is 11.3 Å². The molecule has 5 heteroatoms. The molecular formula is C14H18N2OS2. The van der Waals surface area contributed by atoms with Crippen LogP contribution < -0.4 is 5.56 Å². The van der Waals surface area contributed by atoms with Gasteiger partial charge in [0.15, 0.2) is 4.77 Å². The maximum Gasteiger partial charge on any atom is 0.263 e. The van der Waals surface area contributed by atoms with E-state index in [1.165, 1.54) is 19.3 Å². The van der Waals surface area contributed by atoms with Crippen molar-refractivity contribution in [3.05, 3.63) is 26.6 Å². The Morgan fingerprint density at radius 2 is 2.26 bits per heavy atom. The summed E-state index contributed by atoms with van der Waals surface area (Å²) in [5, 5.41) is 2.72. The first kappa shape index (κ1) is 13.1. The van der Waals surface area contributed by atoms with Gasteiger partial charge in [-0.3, -0.25) is 9.36 Å². The molecule has 1 aliphatic rings. The molecule has 3 nitrogen and oxygen atoms in total. The fourth-order valence-corrected chi connectivity index (χ4v) is 4.42. The first-order chi connectivity index (χ1) is 9.22. The zero-order valence-electron chi connectivity index (χ0n) is 11.0. The highest BCUT2D eigenvalue weighted by molar-refractivity contribution is 7.71. The summed E-state index contributed by atoms with van der Waals surface area (Å²) in [7, 11) is 0. The Balaban J connectivity index is 2.18. The topological polar surface area (TPSA) is 37.8 Å². The third kappa shape index (κ3) is 2.19. The molecule has 102 valence electrons. The summed E-state index contributed by atoms with van der Waals surface area (Å²) in [6.07, 6.45) is 5.88. The van der Waals surface area contributed by atoms with Gasteiger partial charge in [-0.25, -0.2) is 0 Å². The van der Waals surface area contributed by atoms with Gasteiger partial charge < -0.3 is 4.98 Å². The van der Waals surface area contributed by atoms with Crippen LogP contribution in [0.1, 0.15) is 45.1 Å². The van der Waals surface area contributed by atoms with Crippen molar-refractivity contribution in [1.29, 1.82) is 0 Å². The van der Waals surface area contributed by atoms with Gasteiger partial charge in [0.05, 0.1) is 5.39 Å². The molecule has 0 aromatic carbocycles. The van der Waals surface area contributed by atoms with Crippen molar-refractivity contribution in [2.75, 3.05) is 0 Å². The normalized spacial score (nSPS) is 23.8. The number of aromatic amines is 1. The number of hydrogen-bond donors (Lipinski definition) is 1. The van der Waals surface area contributed by atoms with Crippen LogP contribution in [-0.2, 0) is 0 Å². The molecule has 1 N–H and O–H groups in total. The van der Waals surface area contributed by atoms with Crippen molar-refractivity contribution >= 4 is 33.8 Å². The van der Waals surface area contributed by atoms with E-state index in [1.807, 2.05) is 16.0 Å². The van der Waals surface area contributed by atoms with Gasteiger partial charge in [0.1, 0.15) is 4.83 Å². The van der Waals surface area contributed by atoms with Crippen LogP contribution in [0.2, 0.25) is 0 Å². The van der Waals surface area contributed by atoms with E-state index in [4.69, 9.17) is 12.2 Å². The fourth-order valence-electron chi connectivity index (χ4n) is 3.26. The van der Waals surface area contributed by atoms with E-state index in [1.54, 1.807) is 11.3 Å². The molecule has 0 bridgehead atoms. The van der Waals surface area contributed by atoms with Crippen molar-refractivity contribution in [3.8, 4) is 0 Å². The first-order valence-corrected chi connectivity index (χ1v) is 8.23. The van der Waals surface area contributed by atoms with Crippen LogP contribution in [0.15, 0.2) is 16.2 Å². The molecule has 19 heavy (non-hydrogen) atoms. The summed E-state index contributed by atoms with van der Waals surface area (Å²) in [6.45, 7) is 2.21. The Morgan fingerprint density at radius 1 is 1.47 bits per heavy atom. The zero-order chi connectivity index (χ0) is 13.4. The second-order valence-electron chi connectivity index (χ2n) is 5.29. The Morgan fingerprint density at radius 3 is 3.05 bits per heavy atom. The van der Waals surface area contributed by atoms with Gasteiger partial charge >= 0.3 is 0 Å². The largest absolute Gasteiger partial charge is 0.323 e. The van der Waals surface area contributed by atoms with E-state index in [-0.39, 0.29) is 11.6 Å². The third-order valence-corrected chi connectivity index (χ3v) is 5.41. The number of aromatic nitrogens is 2. The summed E-state index contributed by atoms with van der Waals surface area (Å²) in [5.41, 5.74) is 0.0883. The maximum atomic E-state index is 12.7. The Bertz CT molecular complexity index is 697. The van der Waals surface area contributed by atoms with Crippen LogP contribution in [0.5, 0.6) is 0 Å². The average Bonchev–Trinajstić information content (AvgIpc) is 2.87. The Labute approximate surface area is 121 Å². The van der Waals surface area contributed by atoms with Crippen molar-refractivity contribution in [2.24, 2.45) is 5.92 Å². The van der Waals surface area contributed by atoms with Crippen LogP contribution in [0.25, 0.3) is 10.2 Å². The zero-order valence-corrected chi connectivity index (χ0v) is 12.6. The summed E-state index contributed by atoms with van der Waals surface area (Å²) < 4.78 is 2.43. The second kappa shape index (κ2) is 5.21. The van der Waals surface area contributed by atoms with Crippen molar-refractivity contribution in [2.45, 2.75) is 45.1 Å². The van der Waals surface area contributed by atoms with Crippen molar-refractivity contribution in [3.63, 3.8) is 0 Å². The summed E-state index contributed by atoms with van der Waals surface area (Å²) >= 11 is 6.97. The number of fused-ring (bicyclic) bond motifs is 1. The van der Waals surface area contributed by atoms with Gasteiger partial charge in [0, 0.05) is 6.04 Å². The molecule has 2 aromatic rings. The van der Waals surface area contributed by atoms with Crippen molar-refractivity contribution in [1.82, 2.24) is 9.55 Å². The van der Waals surface area contributed by atoms with Crippen LogP contribution in [0.4, 0.5) is 0 Å². The molecular weight excluding hydrogens is 276 g/mol. The van der Waals surface area contributed by atoms with E-state index in [0.717, 1.165) is 23.1 Å². The summed E-state index contributed by atoms with van der Waals surface area (Å²) in [4.78, 5) is 16.8. The number of thiophene rings is 1. The molecule has 2 heterocycles. The average molecular weight is 294 g/mol. The SMILES string of the molecule is CCC1CCCCC1n1c(=S)[nH]c2sccc2c1=O. The Kier molecular flexibility index (Phi) is 3.58. The third-order valence-electron chi connectivity index (χ3n) is 4.28. The number of nitrogens with one attached hydrogen (secondary N) is 1. The van der Waals surface area contributed by atoms with Gasteiger partial charge in [0.2, 0.25) is 0 Å². The lowest BCUT2D eigenvalue weighted by Gasteiger charge is -2.32. The highest BCUT2D eigenvalue weighted by Gasteiger charge is 2.27. The van der Waals surface area contributed by atoms with E-state index in [9.17, 15) is 4.79 Å². The molecule has 1 aliphatic carbocycles. The monoisotopic (exact) mass is 294 g/mol. The number of hydrogen-bond acceptors (Lipinski definition) is 3. The van der Waals surface area contributed by atoms with Crippen LogP contribution in [0, 0.1) is 10.7 Å². The molecule has 0 aliphatic heterocycles. The minimum absolute atomic E-state index is 0.0883. The molecule has 0 saturated heterocycles. The van der Waals surface area contributed by atoms with Gasteiger partial charge in [-0.05, 0) is 42.4 Å². The van der Waals surface area contributed by atoms with Crippen LogP contribution in [-0.4, -0.2) is 9.55 Å². The van der Waals surface area contributed by atoms with Gasteiger partial charge in [0.25, 0.3) is 5.56 Å². The maximum absolute atomic E-state index is 12.7. The van der Waals surface area contributed by atoms with Crippen molar-refractivity contribution < 1.29 is 0 Å². The molecule has 1 fully saturated rings. The second-order valence-corrected chi connectivity index (χ2v) is 6.59. The predicted molar refractivity (Wildman–Crippen MR) is 82.6 cm³/mol. The molecule has 0 radical (unpaired) electrons. The fraction of sp³-hybridized carbons (Fsp3) is 0.571. The lowest BCUT2D eigenvalue weighted by molar-refractivity contribution is 0.226. The highest BCUT2D eigenvalue weighted by Crippen LogP contribution is 2.35. The van der Waals surface area contributed by atoms with E-state index in [0.29, 0.717) is 10.7 Å². The van der Waals surface area contributed by atoms with Crippen LogP contribution in [0.3, 0.4) is 0 Å². The molecule has 2 atom stereocenters. The minimum atomic E-state index is 0.0883. The molecule has 2 unspecified atom stereocenters. The number of H-pyrrole nitrogens is 1.